The Morgan fingerprint density at radius 2 is 1.71 bits per heavy atom. The Balaban J connectivity index is 1.64. The number of hydrogen-bond donors (Lipinski definition) is 1. The standard InChI is InChI=1S/C38H48BrN3O6/c1-8-19-40(26-15-17-27(18-16-26)47-11-4)35(44)30-31-36(45)42(29(22-43)23(5)10-3)34(38(31)21-28(39)33(30)48-38)37(46)41(20-9-2)32-24(6)13-12-14-25(32)7/h8-9,12-18,23,28-31,33-34,43H,1-2,10-11,19-22H2,3-7H3/t23-,28?,29-,30+,31-,33+,34?,38?/m0/s1. The van der Waals surface area contributed by atoms with Crippen molar-refractivity contribution in [3.8, 4) is 5.75 Å². The zero-order valence-corrected chi connectivity index (χ0v) is 30.2. The first-order valence-corrected chi connectivity index (χ1v) is 17.8. The Morgan fingerprint density at radius 3 is 2.27 bits per heavy atom. The monoisotopic (exact) mass is 721 g/mol. The minimum absolute atomic E-state index is 0.121. The van der Waals surface area contributed by atoms with Gasteiger partial charge in [0.2, 0.25) is 11.8 Å². The molecule has 3 amide bonds. The van der Waals surface area contributed by atoms with Crippen molar-refractivity contribution in [1.82, 2.24) is 4.90 Å². The van der Waals surface area contributed by atoms with Gasteiger partial charge in [-0.3, -0.25) is 14.4 Å². The van der Waals surface area contributed by atoms with Gasteiger partial charge in [0.1, 0.15) is 17.4 Å². The van der Waals surface area contributed by atoms with Gasteiger partial charge in [-0.2, -0.15) is 0 Å². The van der Waals surface area contributed by atoms with Crippen LogP contribution in [-0.4, -0.2) is 82.6 Å². The molecule has 2 aromatic carbocycles. The SMILES string of the molecule is C=CCN(C(=O)[C@H]1[C@@H]2OC3(CC2Br)C(C(=O)N(CC=C)c2c(C)cccc2C)N([C@@H](CO)[C@@H](C)CC)C(=O)[C@H]13)c1ccc(OCC)cc1. The van der Waals surface area contributed by atoms with E-state index in [-0.39, 0.29) is 48.2 Å². The van der Waals surface area contributed by atoms with Crippen molar-refractivity contribution >= 4 is 45.0 Å². The molecule has 1 N–H and O–H groups in total. The largest absolute Gasteiger partial charge is 0.494 e. The smallest absolute Gasteiger partial charge is 0.253 e. The minimum atomic E-state index is -1.29. The number of ether oxygens (including phenoxy) is 2. The molecule has 3 fully saturated rings. The topological polar surface area (TPSA) is 99.6 Å². The number of para-hydroxylation sites is 1. The Hall–Kier alpha value is -3.47. The van der Waals surface area contributed by atoms with Crippen molar-refractivity contribution in [3.63, 3.8) is 0 Å². The lowest BCUT2D eigenvalue weighted by atomic mass is 9.70. The molecule has 0 saturated carbocycles. The molecule has 3 saturated heterocycles. The van der Waals surface area contributed by atoms with Crippen LogP contribution in [0.5, 0.6) is 5.75 Å². The summed E-state index contributed by atoms with van der Waals surface area (Å²) in [4.78, 5) is 49.4. The second kappa shape index (κ2) is 14.6. The van der Waals surface area contributed by atoms with Crippen molar-refractivity contribution < 1.29 is 29.0 Å². The van der Waals surface area contributed by atoms with E-state index in [2.05, 4.69) is 29.1 Å². The first kappa shape index (κ1) is 35.8. The molecule has 9 nitrogen and oxygen atoms in total. The van der Waals surface area contributed by atoms with Gasteiger partial charge in [-0.25, -0.2) is 0 Å². The maximum absolute atomic E-state index is 15.2. The van der Waals surface area contributed by atoms with Gasteiger partial charge in [0, 0.05) is 29.3 Å². The maximum Gasteiger partial charge on any atom is 0.253 e. The number of rotatable bonds is 14. The van der Waals surface area contributed by atoms with Crippen molar-refractivity contribution in [3.05, 3.63) is 78.9 Å². The normalized spacial score (nSPS) is 26.9. The number of alkyl halides is 1. The van der Waals surface area contributed by atoms with Gasteiger partial charge in [-0.1, -0.05) is 66.5 Å². The molecule has 0 aromatic heterocycles. The lowest BCUT2D eigenvalue weighted by Gasteiger charge is -2.41. The summed E-state index contributed by atoms with van der Waals surface area (Å²) in [6.45, 7) is 18.2. The van der Waals surface area contributed by atoms with Crippen molar-refractivity contribution in [2.24, 2.45) is 17.8 Å². The van der Waals surface area contributed by atoms with Crippen LogP contribution in [-0.2, 0) is 19.1 Å². The summed E-state index contributed by atoms with van der Waals surface area (Å²) >= 11 is 3.80. The summed E-state index contributed by atoms with van der Waals surface area (Å²) < 4.78 is 12.5. The van der Waals surface area contributed by atoms with Crippen molar-refractivity contribution in [2.45, 2.75) is 76.1 Å². The summed E-state index contributed by atoms with van der Waals surface area (Å²) in [7, 11) is 0. The van der Waals surface area contributed by atoms with E-state index in [9.17, 15) is 14.7 Å². The first-order valence-electron chi connectivity index (χ1n) is 16.9. The number of carbonyl (C=O) groups is 3. The number of amides is 3. The van der Waals surface area contributed by atoms with E-state index >= 15 is 4.79 Å². The molecular weight excluding hydrogens is 674 g/mol. The van der Waals surface area contributed by atoms with Gasteiger partial charge >= 0.3 is 0 Å². The van der Waals surface area contributed by atoms with Crippen molar-refractivity contribution in [2.75, 3.05) is 36.1 Å². The summed E-state index contributed by atoms with van der Waals surface area (Å²) in [5.74, 6) is -2.15. The number of hydrogen-bond acceptors (Lipinski definition) is 6. The van der Waals surface area contributed by atoms with E-state index in [0.29, 0.717) is 30.9 Å². The van der Waals surface area contributed by atoms with Crippen LogP contribution in [0.25, 0.3) is 0 Å². The number of carbonyl (C=O) groups excluding carboxylic acids is 3. The van der Waals surface area contributed by atoms with E-state index < -0.39 is 35.6 Å². The molecule has 10 heteroatoms. The molecule has 3 aliphatic heterocycles. The molecule has 48 heavy (non-hydrogen) atoms. The second-order valence-electron chi connectivity index (χ2n) is 13.2. The fourth-order valence-electron chi connectivity index (χ4n) is 8.12. The quantitative estimate of drug-likeness (QED) is 0.202. The molecule has 8 atom stereocenters. The highest BCUT2D eigenvalue weighted by atomic mass is 79.9. The van der Waals surface area contributed by atoms with E-state index in [0.717, 1.165) is 16.8 Å². The van der Waals surface area contributed by atoms with Crippen LogP contribution in [0.3, 0.4) is 0 Å². The molecule has 5 rings (SSSR count). The lowest BCUT2D eigenvalue weighted by Crippen LogP contribution is -2.60. The third-order valence-corrected chi connectivity index (χ3v) is 11.3. The van der Waals surface area contributed by atoms with Crippen LogP contribution in [0.1, 0.15) is 44.7 Å². The van der Waals surface area contributed by atoms with Crippen LogP contribution in [0.2, 0.25) is 0 Å². The number of aliphatic hydroxyl groups excluding tert-OH is 1. The molecular formula is C38H48BrN3O6. The van der Waals surface area contributed by atoms with Crippen LogP contribution >= 0.6 is 15.9 Å². The van der Waals surface area contributed by atoms with E-state index in [4.69, 9.17) is 9.47 Å². The highest BCUT2D eigenvalue weighted by Gasteiger charge is 2.77. The number of aliphatic hydroxyl groups is 1. The Morgan fingerprint density at radius 1 is 1.08 bits per heavy atom. The average molecular weight is 723 g/mol. The molecule has 2 aromatic rings. The number of anilines is 2. The van der Waals surface area contributed by atoms with Gasteiger partial charge < -0.3 is 29.3 Å². The van der Waals surface area contributed by atoms with Gasteiger partial charge in [-0.15, -0.1) is 13.2 Å². The van der Waals surface area contributed by atoms with Crippen LogP contribution in [0.15, 0.2) is 67.8 Å². The molecule has 1 spiro atoms. The van der Waals surface area contributed by atoms with Crippen LogP contribution < -0.4 is 14.5 Å². The zero-order chi connectivity index (χ0) is 34.9. The number of halogens is 1. The number of fused-ring (bicyclic) bond motifs is 1. The second-order valence-corrected chi connectivity index (χ2v) is 14.4. The first-order chi connectivity index (χ1) is 23.0. The fraction of sp³-hybridized carbons (Fsp3) is 0.500. The van der Waals surface area contributed by atoms with E-state index in [1.807, 2.05) is 77.1 Å². The minimum Gasteiger partial charge on any atom is -0.494 e. The highest BCUT2D eigenvalue weighted by Crippen LogP contribution is 2.61. The average Bonchev–Trinajstić information content (AvgIpc) is 3.66. The molecule has 3 unspecified atom stereocenters. The van der Waals surface area contributed by atoms with Gasteiger partial charge in [-0.05, 0) is 68.5 Å². The molecule has 3 heterocycles. The maximum atomic E-state index is 15.2. The highest BCUT2D eigenvalue weighted by molar-refractivity contribution is 9.09. The van der Waals surface area contributed by atoms with E-state index in [1.165, 1.54) is 0 Å². The third-order valence-electron chi connectivity index (χ3n) is 10.4. The molecule has 2 bridgehead atoms. The Labute approximate surface area is 292 Å². The van der Waals surface area contributed by atoms with Gasteiger partial charge in [0.05, 0.1) is 37.2 Å². The van der Waals surface area contributed by atoms with Crippen LogP contribution in [0, 0.1) is 31.6 Å². The number of nitrogens with zero attached hydrogens (tertiary/aromatic N) is 3. The van der Waals surface area contributed by atoms with Gasteiger partial charge in [0.15, 0.2) is 0 Å². The number of likely N-dealkylation sites (tertiary alicyclic amines) is 1. The molecule has 3 aliphatic rings. The Kier molecular flexibility index (Phi) is 10.9. The fourth-order valence-corrected chi connectivity index (χ4v) is 9.06. The van der Waals surface area contributed by atoms with Gasteiger partial charge in [0.25, 0.3) is 5.91 Å². The summed E-state index contributed by atoms with van der Waals surface area (Å²) in [5.41, 5.74) is 1.93. The molecule has 0 aliphatic carbocycles. The summed E-state index contributed by atoms with van der Waals surface area (Å²) in [5, 5.41) is 10.8. The predicted octanol–water partition coefficient (Wildman–Crippen LogP) is 5.60. The van der Waals surface area contributed by atoms with E-state index in [1.54, 1.807) is 26.9 Å². The third kappa shape index (κ3) is 5.90. The zero-order valence-electron chi connectivity index (χ0n) is 28.6. The lowest BCUT2D eigenvalue weighted by molar-refractivity contribution is -0.145. The van der Waals surface area contributed by atoms with Crippen molar-refractivity contribution in [1.29, 1.82) is 0 Å². The Bertz CT molecular complexity index is 1530. The van der Waals surface area contributed by atoms with Crippen LogP contribution in [0.4, 0.5) is 11.4 Å². The summed E-state index contributed by atoms with van der Waals surface area (Å²) in [6.07, 6.45) is 3.74. The summed E-state index contributed by atoms with van der Waals surface area (Å²) in [6, 6.07) is 11.4. The number of benzene rings is 2. The predicted molar refractivity (Wildman–Crippen MR) is 192 cm³/mol. The molecule has 0 radical (unpaired) electrons. The number of aryl methyl sites for hydroxylation is 2. The molecule has 258 valence electrons.